The smallest absolute Gasteiger partial charge is 0.232 e. The highest BCUT2D eigenvalue weighted by atomic mass is 32.3. The first kappa shape index (κ1) is 19.1. The summed E-state index contributed by atoms with van der Waals surface area (Å²) in [6.07, 6.45) is 0. The number of rotatable bonds is 5. The lowest BCUT2D eigenvalue weighted by molar-refractivity contribution is 0.227. The number of hydrogen-bond donors (Lipinski definition) is 0. The molecular formula is C22H21NO3S2. The van der Waals surface area contributed by atoms with Gasteiger partial charge in [0.15, 0.2) is 4.58 Å². The van der Waals surface area contributed by atoms with Crippen LogP contribution in [0.15, 0.2) is 95.9 Å². The summed E-state index contributed by atoms with van der Waals surface area (Å²) in [6, 6.07) is 27.0. The maximum atomic E-state index is 13.3. The summed E-state index contributed by atoms with van der Waals surface area (Å²) in [7, 11) is -5.39. The molecule has 1 saturated heterocycles. The van der Waals surface area contributed by atoms with Crippen molar-refractivity contribution < 1.29 is 12.6 Å². The molecule has 0 aliphatic carbocycles. The fourth-order valence-corrected chi connectivity index (χ4v) is 8.30. The van der Waals surface area contributed by atoms with Crippen LogP contribution in [-0.4, -0.2) is 21.5 Å². The second-order valence-corrected chi connectivity index (χ2v) is 10.6. The number of benzene rings is 3. The largest absolute Gasteiger partial charge is 0.253 e. The normalized spacial score (nSPS) is 23.5. The van der Waals surface area contributed by atoms with E-state index >= 15 is 0 Å². The fraction of sp³-hybridized carbons (Fsp3) is 0.182. The van der Waals surface area contributed by atoms with Gasteiger partial charge in [0.25, 0.3) is 0 Å². The Morgan fingerprint density at radius 2 is 1.32 bits per heavy atom. The van der Waals surface area contributed by atoms with E-state index in [-0.39, 0.29) is 6.04 Å². The average molecular weight is 412 g/mol. The minimum absolute atomic E-state index is 0.347. The lowest BCUT2D eigenvalue weighted by Crippen LogP contribution is -2.60. The quantitative estimate of drug-likeness (QED) is 0.630. The maximum Gasteiger partial charge on any atom is 0.232 e. The van der Waals surface area contributed by atoms with Gasteiger partial charge in [-0.3, -0.25) is 4.21 Å². The second-order valence-electron chi connectivity index (χ2n) is 6.80. The van der Waals surface area contributed by atoms with E-state index in [4.69, 9.17) is 0 Å². The van der Waals surface area contributed by atoms with Gasteiger partial charge in [0.1, 0.15) is 0 Å². The first-order chi connectivity index (χ1) is 13.5. The third kappa shape index (κ3) is 3.21. The number of hydrogen-bond acceptors (Lipinski definition) is 3. The van der Waals surface area contributed by atoms with Crippen molar-refractivity contribution in [1.29, 1.82) is 0 Å². The molecule has 1 fully saturated rings. The van der Waals surface area contributed by atoms with E-state index in [0.29, 0.717) is 4.90 Å². The van der Waals surface area contributed by atoms with Gasteiger partial charge in [-0.05, 0) is 30.2 Å². The van der Waals surface area contributed by atoms with Crippen LogP contribution in [0.2, 0.25) is 0 Å². The lowest BCUT2D eigenvalue weighted by atomic mass is 10.0. The summed E-state index contributed by atoms with van der Waals surface area (Å²) in [5.41, 5.74) is 1.77. The van der Waals surface area contributed by atoms with Crippen LogP contribution >= 0.6 is 0 Å². The Labute approximate surface area is 168 Å². The summed E-state index contributed by atoms with van der Waals surface area (Å²) in [6.45, 7) is 1.88. The third-order valence-corrected chi connectivity index (χ3v) is 9.76. The van der Waals surface area contributed by atoms with Gasteiger partial charge >= 0.3 is 0 Å². The van der Waals surface area contributed by atoms with Crippen LogP contribution in [0.5, 0.6) is 0 Å². The zero-order valence-corrected chi connectivity index (χ0v) is 17.0. The van der Waals surface area contributed by atoms with Gasteiger partial charge < -0.3 is 0 Å². The third-order valence-electron chi connectivity index (χ3n) is 5.11. The fourth-order valence-electron chi connectivity index (χ4n) is 3.71. The van der Waals surface area contributed by atoms with Crippen LogP contribution in [0.1, 0.15) is 30.1 Å². The highest BCUT2D eigenvalue weighted by Gasteiger charge is 2.59. The molecule has 0 saturated carbocycles. The first-order valence-corrected chi connectivity index (χ1v) is 11.8. The summed E-state index contributed by atoms with van der Waals surface area (Å²) in [5, 5.41) is 0. The number of sulfonamides is 1. The lowest BCUT2D eigenvalue weighted by Gasteiger charge is -2.49. The van der Waals surface area contributed by atoms with Gasteiger partial charge in [0.05, 0.1) is 16.8 Å². The monoisotopic (exact) mass is 411 g/mol. The van der Waals surface area contributed by atoms with Crippen molar-refractivity contribution in [3.8, 4) is 0 Å². The molecule has 3 aromatic carbocycles. The standard InChI is InChI=1S/C22H21NO3S2/c1-17(18-11-5-2-6-12-18)23-21(19-13-7-3-8-14-19)22(28(23,25)26)27(24)20-15-9-4-10-16-20/h2-17,21-22H,1H3/t17-,21+,22-,27+/m1/s1. The van der Waals surface area contributed by atoms with E-state index in [1.807, 2.05) is 73.7 Å². The Kier molecular flexibility index (Phi) is 5.19. The Morgan fingerprint density at radius 3 is 1.89 bits per heavy atom. The molecule has 1 aliphatic heterocycles. The molecule has 0 N–H and O–H groups in total. The van der Waals surface area contributed by atoms with Crippen molar-refractivity contribution in [3.63, 3.8) is 0 Å². The zero-order valence-electron chi connectivity index (χ0n) is 15.4. The Balaban J connectivity index is 1.78. The van der Waals surface area contributed by atoms with E-state index in [1.54, 1.807) is 24.3 Å². The topological polar surface area (TPSA) is 54.5 Å². The minimum Gasteiger partial charge on any atom is -0.253 e. The van der Waals surface area contributed by atoms with Crippen LogP contribution in [0.3, 0.4) is 0 Å². The van der Waals surface area contributed by atoms with Gasteiger partial charge in [-0.1, -0.05) is 78.9 Å². The van der Waals surface area contributed by atoms with Crippen molar-refractivity contribution in [2.24, 2.45) is 0 Å². The summed E-state index contributed by atoms with van der Waals surface area (Å²) < 4.78 is 40.3. The Morgan fingerprint density at radius 1 is 0.821 bits per heavy atom. The van der Waals surface area contributed by atoms with Gasteiger partial charge in [-0.15, -0.1) is 0 Å². The molecule has 4 rings (SSSR count). The van der Waals surface area contributed by atoms with Crippen molar-refractivity contribution in [2.75, 3.05) is 0 Å². The van der Waals surface area contributed by atoms with E-state index < -0.39 is 31.4 Å². The zero-order chi connectivity index (χ0) is 19.7. The van der Waals surface area contributed by atoms with Gasteiger partial charge in [-0.25, -0.2) is 8.42 Å². The van der Waals surface area contributed by atoms with E-state index in [2.05, 4.69) is 0 Å². The molecule has 0 aromatic heterocycles. The summed E-state index contributed by atoms with van der Waals surface area (Å²) in [4.78, 5) is 0.532. The van der Waals surface area contributed by atoms with E-state index in [9.17, 15) is 12.6 Å². The van der Waals surface area contributed by atoms with E-state index in [0.717, 1.165) is 11.1 Å². The predicted octanol–water partition coefficient (Wildman–Crippen LogP) is 4.27. The molecule has 144 valence electrons. The average Bonchev–Trinajstić information content (AvgIpc) is 2.74. The molecule has 4 atom stereocenters. The van der Waals surface area contributed by atoms with Gasteiger partial charge in [0, 0.05) is 10.9 Å². The Hall–Kier alpha value is -2.28. The maximum absolute atomic E-state index is 13.3. The van der Waals surface area contributed by atoms with Crippen molar-refractivity contribution >= 4 is 20.8 Å². The van der Waals surface area contributed by atoms with Crippen LogP contribution < -0.4 is 0 Å². The highest BCUT2D eigenvalue weighted by molar-refractivity contribution is 8.06. The molecule has 0 spiro atoms. The molecule has 6 heteroatoms. The SMILES string of the molecule is C[C@H](c1ccccc1)N1[C@@H](c2ccccc2)[C@H]([S@@](=O)c2ccccc2)S1(=O)=O. The first-order valence-electron chi connectivity index (χ1n) is 9.09. The van der Waals surface area contributed by atoms with Gasteiger partial charge in [-0.2, -0.15) is 4.31 Å². The second kappa shape index (κ2) is 7.62. The molecule has 1 heterocycles. The number of nitrogens with zero attached hydrogens (tertiary/aromatic N) is 1. The van der Waals surface area contributed by atoms with Crippen LogP contribution in [-0.2, 0) is 20.8 Å². The molecule has 28 heavy (non-hydrogen) atoms. The van der Waals surface area contributed by atoms with Crippen LogP contribution in [0.25, 0.3) is 0 Å². The molecule has 3 aromatic rings. The molecule has 0 unspecified atom stereocenters. The van der Waals surface area contributed by atoms with E-state index in [1.165, 1.54) is 4.31 Å². The molecule has 0 radical (unpaired) electrons. The van der Waals surface area contributed by atoms with Crippen molar-refractivity contribution in [1.82, 2.24) is 4.31 Å². The summed E-state index contributed by atoms with van der Waals surface area (Å²) in [5.74, 6) is 0. The van der Waals surface area contributed by atoms with Crippen LogP contribution in [0.4, 0.5) is 0 Å². The Bertz CT molecular complexity index is 1070. The predicted molar refractivity (Wildman–Crippen MR) is 111 cm³/mol. The highest BCUT2D eigenvalue weighted by Crippen LogP contribution is 2.49. The minimum atomic E-state index is -3.72. The molecule has 0 amide bonds. The van der Waals surface area contributed by atoms with Gasteiger partial charge in [0.2, 0.25) is 10.0 Å². The molecule has 1 aliphatic rings. The van der Waals surface area contributed by atoms with Crippen molar-refractivity contribution in [3.05, 3.63) is 102 Å². The molecule has 4 nitrogen and oxygen atoms in total. The molecule has 0 bridgehead atoms. The summed E-state index contributed by atoms with van der Waals surface area (Å²) >= 11 is 0. The van der Waals surface area contributed by atoms with Crippen molar-refractivity contribution in [2.45, 2.75) is 28.5 Å². The molecular weight excluding hydrogens is 390 g/mol. The van der Waals surface area contributed by atoms with Crippen LogP contribution in [0, 0.1) is 0 Å².